The van der Waals surface area contributed by atoms with Gasteiger partial charge in [0.05, 0.1) is 71.7 Å². The summed E-state index contributed by atoms with van der Waals surface area (Å²) in [6.07, 6.45) is 0. The fraction of sp³-hybridized carbons (Fsp3) is 0. The van der Waals surface area contributed by atoms with Crippen molar-refractivity contribution in [3.63, 3.8) is 0 Å². The van der Waals surface area contributed by atoms with E-state index in [9.17, 15) is 0 Å². The average molecular weight is 610 g/mol. The summed E-state index contributed by atoms with van der Waals surface area (Å²) in [5.74, 6) is 0. The molecule has 6 heteroatoms. The van der Waals surface area contributed by atoms with Crippen molar-refractivity contribution >= 4 is 94.8 Å². The molecule has 2 aliphatic rings. The van der Waals surface area contributed by atoms with Gasteiger partial charge in [-0.1, -0.05) is 84.9 Å². The van der Waals surface area contributed by atoms with E-state index >= 15 is 0 Å². The standard InChI is InChI=1S/C42H24BN5/c1-3-15-27-25(13-1)43-26-14-2-4-16-28(26)45-30-18-6-8-20-32(30)47-34-22-10-12-24-36(34)48-35-23-11-9-21-33(35)46-31-19-7-5-17-29(31)44(27)38-37(43)39(45)41(47)42(48)40(38)46/h1-24H. The normalized spacial score (nSPS) is 13.4. The minimum Gasteiger partial charge on any atom is -0.307 e. The van der Waals surface area contributed by atoms with E-state index < -0.39 is 0 Å². The van der Waals surface area contributed by atoms with E-state index in [0.29, 0.717) is 0 Å². The van der Waals surface area contributed by atoms with Crippen LogP contribution < -0.4 is 16.4 Å². The fourth-order valence-electron chi connectivity index (χ4n) is 9.64. The van der Waals surface area contributed by atoms with Gasteiger partial charge < -0.3 is 22.3 Å². The van der Waals surface area contributed by atoms with Crippen molar-refractivity contribution < 1.29 is 0 Å². The lowest BCUT2D eigenvalue weighted by Crippen LogP contribution is -2.60. The minimum atomic E-state index is 0.0819. The summed E-state index contributed by atoms with van der Waals surface area (Å²) in [4.78, 5) is 0. The molecule has 0 amide bonds. The quantitative estimate of drug-likeness (QED) is 0.0967. The second kappa shape index (κ2) is 7.93. The Hall–Kier alpha value is -6.40. The molecule has 0 radical (unpaired) electrons. The molecule has 0 spiro atoms. The zero-order chi connectivity index (χ0) is 30.8. The molecule has 0 bridgehead atoms. The van der Waals surface area contributed by atoms with Crippen LogP contribution >= 0.6 is 0 Å². The van der Waals surface area contributed by atoms with Crippen molar-refractivity contribution in [3.8, 4) is 11.4 Å². The van der Waals surface area contributed by atoms with Gasteiger partial charge in [-0.3, -0.25) is 0 Å². The Morgan fingerprint density at radius 2 is 0.583 bits per heavy atom. The second-order valence-electron chi connectivity index (χ2n) is 13.3. The Morgan fingerprint density at radius 3 is 0.979 bits per heavy atom. The Bertz CT molecular complexity index is 3090. The summed E-state index contributed by atoms with van der Waals surface area (Å²) in [6, 6.07) is 54.0. The number of aromatic nitrogens is 5. The molecule has 4 aromatic heterocycles. The Labute approximate surface area is 273 Å². The molecular weight excluding hydrogens is 585 g/mol. The third-order valence-electron chi connectivity index (χ3n) is 11.2. The molecule has 11 aromatic rings. The summed E-state index contributed by atoms with van der Waals surface area (Å²) < 4.78 is 12.8. The predicted molar refractivity (Wildman–Crippen MR) is 199 cm³/mol. The van der Waals surface area contributed by atoms with Crippen LogP contribution in [0.1, 0.15) is 0 Å². The number of para-hydroxylation sites is 10. The molecule has 0 N–H and O–H groups in total. The lowest BCUT2D eigenvalue weighted by molar-refractivity contribution is 1.09. The van der Waals surface area contributed by atoms with Gasteiger partial charge in [-0.25, -0.2) is 0 Å². The maximum Gasteiger partial charge on any atom is 0.252 e. The lowest BCUT2D eigenvalue weighted by Gasteiger charge is -2.38. The minimum absolute atomic E-state index is 0.0819. The van der Waals surface area contributed by atoms with Crippen molar-refractivity contribution in [2.24, 2.45) is 0 Å². The molecule has 13 rings (SSSR count). The van der Waals surface area contributed by atoms with Gasteiger partial charge in [-0.2, -0.15) is 0 Å². The number of nitrogens with zero attached hydrogens (tertiary/aromatic N) is 5. The van der Waals surface area contributed by atoms with Gasteiger partial charge in [-0.05, 0) is 77.1 Å². The molecule has 2 aliphatic heterocycles. The molecular formula is C42H24BN5. The van der Waals surface area contributed by atoms with Crippen LogP contribution in [0.4, 0.5) is 0 Å². The first-order valence-electron chi connectivity index (χ1n) is 16.7. The molecule has 48 heavy (non-hydrogen) atoms. The highest BCUT2D eigenvalue weighted by molar-refractivity contribution is 7.00. The van der Waals surface area contributed by atoms with Gasteiger partial charge in [-0.15, -0.1) is 0 Å². The van der Waals surface area contributed by atoms with Crippen LogP contribution in [0.15, 0.2) is 146 Å². The van der Waals surface area contributed by atoms with Crippen molar-refractivity contribution in [1.29, 1.82) is 0 Å². The first-order chi connectivity index (χ1) is 23.9. The number of hydrogen-bond acceptors (Lipinski definition) is 0. The van der Waals surface area contributed by atoms with Crippen LogP contribution in [0.2, 0.25) is 0 Å². The summed E-state index contributed by atoms with van der Waals surface area (Å²) in [6.45, 7) is 0.0819. The summed E-state index contributed by atoms with van der Waals surface area (Å²) >= 11 is 0. The van der Waals surface area contributed by atoms with Gasteiger partial charge in [0.1, 0.15) is 0 Å². The third-order valence-corrected chi connectivity index (χ3v) is 11.2. The SMILES string of the molecule is c1ccc2c(c1)B1c3ccccc3-n3c4ccccc4n4c5ccccc5n5c6ccccc6n6c7ccccc7n-2c2c1c3c4c5c26. The van der Waals surface area contributed by atoms with Crippen molar-refractivity contribution in [2.75, 3.05) is 0 Å². The summed E-state index contributed by atoms with van der Waals surface area (Å²) in [5, 5.41) is 0. The van der Waals surface area contributed by atoms with E-state index in [-0.39, 0.29) is 6.71 Å². The van der Waals surface area contributed by atoms with E-state index in [2.05, 4.69) is 168 Å². The Balaban J connectivity index is 1.54. The molecule has 5 nitrogen and oxygen atoms in total. The molecule has 0 saturated heterocycles. The van der Waals surface area contributed by atoms with Crippen LogP contribution in [-0.4, -0.2) is 29.0 Å². The Kier molecular flexibility index (Phi) is 3.95. The average Bonchev–Trinajstić information content (AvgIpc) is 3.16. The van der Waals surface area contributed by atoms with Crippen LogP contribution in [0.5, 0.6) is 0 Å². The summed E-state index contributed by atoms with van der Waals surface area (Å²) in [7, 11) is 0. The largest absolute Gasteiger partial charge is 0.307 e. The maximum absolute atomic E-state index is 2.57. The van der Waals surface area contributed by atoms with E-state index in [1.165, 1.54) is 99.5 Å². The van der Waals surface area contributed by atoms with Gasteiger partial charge >= 0.3 is 0 Å². The van der Waals surface area contributed by atoms with Gasteiger partial charge in [0.15, 0.2) is 0 Å². The fourth-order valence-corrected chi connectivity index (χ4v) is 9.64. The highest BCUT2D eigenvalue weighted by Gasteiger charge is 2.42. The first-order valence-corrected chi connectivity index (χ1v) is 16.7. The lowest BCUT2D eigenvalue weighted by atomic mass is 9.34. The zero-order valence-electron chi connectivity index (χ0n) is 25.7. The monoisotopic (exact) mass is 609 g/mol. The molecule has 6 heterocycles. The molecule has 0 atom stereocenters. The third kappa shape index (κ3) is 2.44. The maximum atomic E-state index is 2.57. The van der Waals surface area contributed by atoms with E-state index in [1.54, 1.807) is 0 Å². The van der Waals surface area contributed by atoms with Crippen molar-refractivity contribution in [1.82, 2.24) is 22.3 Å². The van der Waals surface area contributed by atoms with Crippen LogP contribution in [0.25, 0.3) is 83.1 Å². The van der Waals surface area contributed by atoms with Crippen molar-refractivity contribution in [2.45, 2.75) is 0 Å². The number of rotatable bonds is 0. The van der Waals surface area contributed by atoms with E-state index in [1.807, 2.05) is 0 Å². The molecule has 0 unspecified atom stereocenters. The number of benzene rings is 7. The molecule has 7 aromatic carbocycles. The molecule has 0 saturated carbocycles. The van der Waals surface area contributed by atoms with E-state index in [0.717, 1.165) is 0 Å². The van der Waals surface area contributed by atoms with Crippen molar-refractivity contribution in [3.05, 3.63) is 146 Å². The van der Waals surface area contributed by atoms with Gasteiger partial charge in [0, 0.05) is 11.4 Å². The number of fused-ring (bicyclic) bond motifs is 18. The van der Waals surface area contributed by atoms with Crippen LogP contribution in [0.3, 0.4) is 0 Å². The zero-order valence-corrected chi connectivity index (χ0v) is 25.7. The number of hydrogen-bond donors (Lipinski definition) is 0. The molecule has 220 valence electrons. The van der Waals surface area contributed by atoms with Gasteiger partial charge in [0.25, 0.3) is 6.71 Å². The topological polar surface area (TPSA) is 23.1 Å². The smallest absolute Gasteiger partial charge is 0.252 e. The summed E-state index contributed by atoms with van der Waals surface area (Å²) in [5.41, 5.74) is 22.5. The van der Waals surface area contributed by atoms with Gasteiger partial charge in [0.2, 0.25) is 0 Å². The first kappa shape index (κ1) is 23.9. The molecule has 0 fully saturated rings. The van der Waals surface area contributed by atoms with Crippen LogP contribution in [-0.2, 0) is 0 Å². The second-order valence-corrected chi connectivity index (χ2v) is 13.3. The van der Waals surface area contributed by atoms with E-state index in [4.69, 9.17) is 0 Å². The van der Waals surface area contributed by atoms with Crippen LogP contribution in [0, 0.1) is 0 Å². The predicted octanol–water partition coefficient (Wildman–Crippen LogP) is 7.50. The molecule has 0 aliphatic carbocycles. The highest BCUT2D eigenvalue weighted by Crippen LogP contribution is 2.43. The Morgan fingerprint density at radius 1 is 0.292 bits per heavy atom. The highest BCUT2D eigenvalue weighted by atomic mass is 15.1.